The Kier molecular flexibility index (Phi) is 3.39. The van der Waals surface area contributed by atoms with Gasteiger partial charge in [-0.25, -0.2) is 0 Å². The molecule has 1 heterocycles. The second-order valence-corrected chi connectivity index (χ2v) is 5.69. The highest BCUT2D eigenvalue weighted by Gasteiger charge is 2.15. The zero-order valence-electron chi connectivity index (χ0n) is 8.22. The molecular formula is C11H14BrNS. The molecule has 0 spiro atoms. The Labute approximate surface area is 97.8 Å². The maximum absolute atomic E-state index is 3.59. The molecule has 0 saturated carbocycles. The summed E-state index contributed by atoms with van der Waals surface area (Å²) in [6.45, 7) is 2.11. The fraction of sp³-hybridized carbons (Fsp3) is 0.455. The van der Waals surface area contributed by atoms with Gasteiger partial charge < -0.3 is 5.32 Å². The molecular weight excluding hydrogens is 258 g/mol. The molecule has 1 nitrogen and oxygen atoms in total. The fourth-order valence-electron chi connectivity index (χ4n) is 1.61. The van der Waals surface area contributed by atoms with Crippen LogP contribution in [0.4, 0.5) is 5.69 Å². The summed E-state index contributed by atoms with van der Waals surface area (Å²) in [5, 5.41) is 3.57. The number of rotatable bonds is 2. The Balaban J connectivity index is 2.08. The van der Waals surface area contributed by atoms with E-state index in [1.165, 1.54) is 33.7 Å². The number of benzene rings is 1. The molecule has 1 aromatic carbocycles. The van der Waals surface area contributed by atoms with Gasteiger partial charge in [0.25, 0.3) is 0 Å². The smallest absolute Gasteiger partial charge is 0.0487 e. The van der Waals surface area contributed by atoms with Crippen LogP contribution >= 0.6 is 27.7 Å². The number of nitrogens with one attached hydrogen (secondary N) is 1. The summed E-state index contributed by atoms with van der Waals surface area (Å²) in [4.78, 5) is 0. The molecule has 1 aliphatic rings. The van der Waals surface area contributed by atoms with Crippen molar-refractivity contribution in [2.45, 2.75) is 19.4 Å². The lowest BCUT2D eigenvalue weighted by Crippen LogP contribution is -2.18. The van der Waals surface area contributed by atoms with Crippen LogP contribution in [0.3, 0.4) is 0 Å². The average molecular weight is 272 g/mol. The first kappa shape index (κ1) is 10.4. The van der Waals surface area contributed by atoms with E-state index in [4.69, 9.17) is 0 Å². The van der Waals surface area contributed by atoms with Gasteiger partial charge in [-0.05, 0) is 52.7 Å². The van der Waals surface area contributed by atoms with Gasteiger partial charge in [0.2, 0.25) is 0 Å². The van der Waals surface area contributed by atoms with Crippen LogP contribution in [0.2, 0.25) is 0 Å². The van der Waals surface area contributed by atoms with Gasteiger partial charge in [-0.15, -0.1) is 0 Å². The molecule has 0 bridgehead atoms. The molecule has 0 amide bonds. The maximum atomic E-state index is 3.59. The maximum Gasteiger partial charge on any atom is 0.0487 e. The van der Waals surface area contributed by atoms with Crippen molar-refractivity contribution in [3.63, 3.8) is 0 Å². The first-order valence-electron chi connectivity index (χ1n) is 4.86. The highest BCUT2D eigenvalue weighted by molar-refractivity contribution is 9.10. The van der Waals surface area contributed by atoms with Crippen molar-refractivity contribution in [3.05, 3.63) is 28.2 Å². The summed E-state index contributed by atoms with van der Waals surface area (Å²) in [7, 11) is 0. The molecule has 14 heavy (non-hydrogen) atoms. The first-order chi connectivity index (χ1) is 6.75. The zero-order valence-corrected chi connectivity index (χ0v) is 10.6. The minimum Gasteiger partial charge on any atom is -0.381 e. The monoisotopic (exact) mass is 271 g/mol. The summed E-state index contributed by atoms with van der Waals surface area (Å²) in [6, 6.07) is 7.11. The van der Waals surface area contributed by atoms with Crippen LogP contribution < -0.4 is 5.32 Å². The highest BCUT2D eigenvalue weighted by atomic mass is 79.9. The molecule has 1 N–H and O–H groups in total. The van der Waals surface area contributed by atoms with Crippen molar-refractivity contribution >= 4 is 33.4 Å². The predicted molar refractivity (Wildman–Crippen MR) is 68.2 cm³/mol. The van der Waals surface area contributed by atoms with Crippen molar-refractivity contribution < 1.29 is 0 Å². The summed E-state index contributed by atoms with van der Waals surface area (Å²) in [6.07, 6.45) is 1.28. The third kappa shape index (κ3) is 2.45. The van der Waals surface area contributed by atoms with Crippen molar-refractivity contribution in [3.8, 4) is 0 Å². The van der Waals surface area contributed by atoms with Crippen molar-refractivity contribution in [2.24, 2.45) is 0 Å². The Hall–Kier alpha value is -0.150. The van der Waals surface area contributed by atoms with Gasteiger partial charge >= 0.3 is 0 Å². The van der Waals surface area contributed by atoms with Crippen LogP contribution in [0.1, 0.15) is 12.0 Å². The standard InChI is InChI=1S/C11H14BrNS/c1-8-2-3-11(10(12)6-8)13-9-4-5-14-7-9/h2-3,6,9,13H,4-5,7H2,1H3/t9-/m0/s1. The fourth-order valence-corrected chi connectivity index (χ4v) is 3.37. The van der Waals surface area contributed by atoms with E-state index >= 15 is 0 Å². The zero-order chi connectivity index (χ0) is 9.97. The first-order valence-corrected chi connectivity index (χ1v) is 6.81. The van der Waals surface area contributed by atoms with Crippen LogP contribution in [0, 0.1) is 6.92 Å². The van der Waals surface area contributed by atoms with Gasteiger partial charge in [0.05, 0.1) is 0 Å². The van der Waals surface area contributed by atoms with Crippen LogP contribution in [0.15, 0.2) is 22.7 Å². The van der Waals surface area contributed by atoms with Gasteiger partial charge in [0, 0.05) is 22.0 Å². The summed E-state index contributed by atoms with van der Waals surface area (Å²) < 4.78 is 1.18. The minimum atomic E-state index is 0.652. The summed E-state index contributed by atoms with van der Waals surface area (Å²) in [5.41, 5.74) is 2.52. The van der Waals surface area contributed by atoms with Gasteiger partial charge in [0.1, 0.15) is 0 Å². The molecule has 0 aliphatic carbocycles. The second-order valence-electron chi connectivity index (χ2n) is 3.69. The minimum absolute atomic E-state index is 0.652. The average Bonchev–Trinajstić information content (AvgIpc) is 2.62. The Morgan fingerprint density at radius 3 is 3.00 bits per heavy atom. The van der Waals surface area contributed by atoms with Gasteiger partial charge in [-0.3, -0.25) is 0 Å². The molecule has 3 heteroatoms. The molecule has 0 radical (unpaired) electrons. The molecule has 1 aliphatic heterocycles. The van der Waals surface area contributed by atoms with E-state index in [0.717, 1.165) is 0 Å². The van der Waals surface area contributed by atoms with Crippen molar-refractivity contribution in [2.75, 3.05) is 16.8 Å². The lowest BCUT2D eigenvalue weighted by atomic mass is 10.2. The van der Waals surface area contributed by atoms with Crippen molar-refractivity contribution in [1.29, 1.82) is 0 Å². The van der Waals surface area contributed by atoms with Crippen molar-refractivity contribution in [1.82, 2.24) is 0 Å². The third-order valence-corrected chi connectivity index (χ3v) is 4.23. The number of anilines is 1. The Morgan fingerprint density at radius 1 is 1.50 bits per heavy atom. The molecule has 1 aromatic rings. The van der Waals surface area contributed by atoms with Crippen LogP contribution in [-0.4, -0.2) is 17.5 Å². The van der Waals surface area contributed by atoms with Crippen LogP contribution in [0.5, 0.6) is 0 Å². The highest BCUT2D eigenvalue weighted by Crippen LogP contribution is 2.27. The molecule has 2 rings (SSSR count). The van der Waals surface area contributed by atoms with E-state index in [0.29, 0.717) is 6.04 Å². The molecule has 76 valence electrons. The lowest BCUT2D eigenvalue weighted by molar-refractivity contribution is 0.812. The summed E-state index contributed by atoms with van der Waals surface area (Å²) >= 11 is 5.62. The Morgan fingerprint density at radius 2 is 2.36 bits per heavy atom. The van der Waals surface area contributed by atoms with Gasteiger partial charge in [-0.1, -0.05) is 6.07 Å². The van der Waals surface area contributed by atoms with E-state index in [1.54, 1.807) is 0 Å². The SMILES string of the molecule is Cc1ccc(N[C@H]2CCSC2)c(Br)c1. The number of thioether (sulfide) groups is 1. The van der Waals surface area contributed by atoms with Crippen LogP contribution in [0.25, 0.3) is 0 Å². The quantitative estimate of drug-likeness (QED) is 0.881. The lowest BCUT2D eigenvalue weighted by Gasteiger charge is -2.14. The van der Waals surface area contributed by atoms with E-state index in [-0.39, 0.29) is 0 Å². The Bertz CT molecular complexity index is 321. The van der Waals surface area contributed by atoms with Crippen LogP contribution in [-0.2, 0) is 0 Å². The van der Waals surface area contributed by atoms with E-state index in [2.05, 4.69) is 46.4 Å². The largest absolute Gasteiger partial charge is 0.381 e. The predicted octanol–water partition coefficient (Wildman–Crippen LogP) is 3.67. The van der Waals surface area contributed by atoms with E-state index in [1.807, 2.05) is 11.8 Å². The van der Waals surface area contributed by atoms with E-state index < -0.39 is 0 Å². The van der Waals surface area contributed by atoms with Gasteiger partial charge in [0.15, 0.2) is 0 Å². The third-order valence-electron chi connectivity index (χ3n) is 2.41. The molecule has 1 atom stereocenters. The topological polar surface area (TPSA) is 12.0 Å². The van der Waals surface area contributed by atoms with E-state index in [9.17, 15) is 0 Å². The normalized spacial score (nSPS) is 21.1. The van der Waals surface area contributed by atoms with Gasteiger partial charge in [-0.2, -0.15) is 11.8 Å². The molecule has 0 unspecified atom stereocenters. The second kappa shape index (κ2) is 4.58. The number of hydrogen-bond acceptors (Lipinski definition) is 2. The molecule has 1 saturated heterocycles. The number of hydrogen-bond donors (Lipinski definition) is 1. The number of aryl methyl sites for hydroxylation is 1. The number of halogens is 1. The molecule has 1 fully saturated rings. The molecule has 0 aromatic heterocycles. The summed E-state index contributed by atoms with van der Waals surface area (Å²) in [5.74, 6) is 2.53.